The van der Waals surface area contributed by atoms with Crippen molar-refractivity contribution < 1.29 is 9.18 Å². The van der Waals surface area contributed by atoms with Gasteiger partial charge in [-0.05, 0) is 31.2 Å². The molecule has 1 amide bonds. The van der Waals surface area contributed by atoms with Gasteiger partial charge >= 0.3 is 0 Å². The number of carbonyl (C=O) groups is 1. The first-order chi connectivity index (χ1) is 11.1. The molecular formula is C17H19FN4O. The van der Waals surface area contributed by atoms with Crippen molar-refractivity contribution in [3.8, 4) is 11.3 Å². The molecule has 120 valence electrons. The minimum Gasteiger partial charge on any atom is -0.354 e. The molecular weight excluding hydrogens is 295 g/mol. The first-order valence-corrected chi connectivity index (χ1v) is 7.73. The highest BCUT2D eigenvalue weighted by atomic mass is 19.1. The third kappa shape index (κ3) is 3.16. The Morgan fingerprint density at radius 2 is 2.04 bits per heavy atom. The standard InChI is InChI=1S/C17H19FN4O/c1-3-19-17-20-15-8-9-22(11(2)23)10-14(15)16(21-17)12-4-6-13(18)7-5-12/h4-7H,3,8-10H2,1-2H3,(H,19,20,21). The van der Waals surface area contributed by atoms with Crippen molar-refractivity contribution in [2.24, 2.45) is 0 Å². The van der Waals surface area contributed by atoms with Gasteiger partial charge in [0.1, 0.15) is 5.82 Å². The van der Waals surface area contributed by atoms with Crippen LogP contribution in [0.2, 0.25) is 0 Å². The van der Waals surface area contributed by atoms with E-state index in [0.29, 0.717) is 25.5 Å². The topological polar surface area (TPSA) is 58.1 Å². The van der Waals surface area contributed by atoms with Crippen LogP contribution in [-0.2, 0) is 17.8 Å². The molecule has 1 aromatic carbocycles. The van der Waals surface area contributed by atoms with E-state index in [0.717, 1.165) is 29.1 Å². The highest BCUT2D eigenvalue weighted by Crippen LogP contribution is 2.29. The number of nitrogens with one attached hydrogen (secondary N) is 1. The van der Waals surface area contributed by atoms with Crippen molar-refractivity contribution >= 4 is 11.9 Å². The largest absolute Gasteiger partial charge is 0.354 e. The van der Waals surface area contributed by atoms with Crippen LogP contribution in [0.1, 0.15) is 25.1 Å². The summed E-state index contributed by atoms with van der Waals surface area (Å²) in [6, 6.07) is 6.26. The molecule has 0 unspecified atom stereocenters. The van der Waals surface area contributed by atoms with Crippen LogP contribution >= 0.6 is 0 Å². The van der Waals surface area contributed by atoms with Crippen molar-refractivity contribution in [2.45, 2.75) is 26.8 Å². The molecule has 0 radical (unpaired) electrons. The zero-order valence-corrected chi connectivity index (χ0v) is 13.3. The monoisotopic (exact) mass is 314 g/mol. The van der Waals surface area contributed by atoms with Crippen LogP contribution < -0.4 is 5.32 Å². The van der Waals surface area contributed by atoms with Crippen LogP contribution in [0, 0.1) is 5.82 Å². The molecule has 2 aromatic rings. The minimum absolute atomic E-state index is 0.0384. The van der Waals surface area contributed by atoms with E-state index in [4.69, 9.17) is 0 Å². The predicted molar refractivity (Wildman–Crippen MR) is 86.4 cm³/mol. The fourth-order valence-electron chi connectivity index (χ4n) is 2.77. The Morgan fingerprint density at radius 1 is 1.30 bits per heavy atom. The number of carbonyl (C=O) groups excluding carboxylic acids is 1. The van der Waals surface area contributed by atoms with Crippen molar-refractivity contribution in [2.75, 3.05) is 18.4 Å². The summed E-state index contributed by atoms with van der Waals surface area (Å²) in [5.74, 6) is 0.326. The summed E-state index contributed by atoms with van der Waals surface area (Å²) in [7, 11) is 0. The molecule has 1 aliphatic rings. The highest BCUT2D eigenvalue weighted by molar-refractivity contribution is 5.74. The normalized spacial score (nSPS) is 13.6. The molecule has 0 saturated heterocycles. The van der Waals surface area contributed by atoms with E-state index in [-0.39, 0.29) is 11.7 Å². The van der Waals surface area contributed by atoms with Gasteiger partial charge < -0.3 is 10.2 Å². The smallest absolute Gasteiger partial charge is 0.223 e. The lowest BCUT2D eigenvalue weighted by Crippen LogP contribution is -2.35. The number of anilines is 1. The van der Waals surface area contributed by atoms with Gasteiger partial charge in [-0.25, -0.2) is 14.4 Å². The van der Waals surface area contributed by atoms with Gasteiger partial charge in [0.2, 0.25) is 11.9 Å². The number of nitrogens with zero attached hydrogens (tertiary/aromatic N) is 3. The maximum Gasteiger partial charge on any atom is 0.223 e. The van der Waals surface area contributed by atoms with E-state index in [1.165, 1.54) is 12.1 Å². The Balaban J connectivity index is 2.10. The Labute approximate surface area is 134 Å². The Bertz CT molecular complexity index is 730. The minimum atomic E-state index is -0.283. The molecule has 0 aliphatic carbocycles. The number of halogens is 1. The summed E-state index contributed by atoms with van der Waals surface area (Å²) in [5, 5.41) is 3.14. The molecule has 23 heavy (non-hydrogen) atoms. The average molecular weight is 314 g/mol. The van der Waals surface area contributed by atoms with Gasteiger partial charge in [0, 0.05) is 44.1 Å². The van der Waals surface area contributed by atoms with Gasteiger partial charge in [0.15, 0.2) is 0 Å². The molecule has 1 aliphatic heterocycles. The van der Waals surface area contributed by atoms with E-state index in [2.05, 4.69) is 15.3 Å². The van der Waals surface area contributed by atoms with Crippen molar-refractivity contribution in [3.63, 3.8) is 0 Å². The molecule has 1 N–H and O–H groups in total. The second-order valence-electron chi connectivity index (χ2n) is 5.55. The summed E-state index contributed by atoms with van der Waals surface area (Å²) in [5.41, 5.74) is 3.49. The second kappa shape index (κ2) is 6.32. The van der Waals surface area contributed by atoms with Crippen molar-refractivity contribution in [1.82, 2.24) is 14.9 Å². The Hall–Kier alpha value is -2.50. The lowest BCUT2D eigenvalue weighted by molar-refractivity contribution is -0.129. The summed E-state index contributed by atoms with van der Waals surface area (Å²) in [6.07, 6.45) is 0.698. The van der Waals surface area contributed by atoms with Crippen LogP contribution in [0.25, 0.3) is 11.3 Å². The van der Waals surface area contributed by atoms with Gasteiger partial charge in [-0.1, -0.05) is 0 Å². The maximum atomic E-state index is 13.2. The Morgan fingerprint density at radius 3 is 2.70 bits per heavy atom. The van der Waals surface area contributed by atoms with E-state index < -0.39 is 0 Å². The van der Waals surface area contributed by atoms with Gasteiger partial charge in [-0.2, -0.15) is 0 Å². The number of fused-ring (bicyclic) bond motifs is 1. The summed E-state index contributed by atoms with van der Waals surface area (Å²) in [4.78, 5) is 22.6. The second-order valence-corrected chi connectivity index (χ2v) is 5.55. The lowest BCUT2D eigenvalue weighted by Gasteiger charge is -2.29. The summed E-state index contributed by atoms with van der Waals surface area (Å²) in [6.45, 7) is 5.42. The van der Waals surface area contributed by atoms with Crippen LogP contribution in [0.5, 0.6) is 0 Å². The van der Waals surface area contributed by atoms with Gasteiger partial charge in [0.05, 0.1) is 11.4 Å². The van der Waals surface area contributed by atoms with Crippen LogP contribution in [-0.4, -0.2) is 33.9 Å². The summed E-state index contributed by atoms with van der Waals surface area (Å²) >= 11 is 0. The maximum absolute atomic E-state index is 13.2. The highest BCUT2D eigenvalue weighted by Gasteiger charge is 2.24. The van der Waals surface area contributed by atoms with E-state index in [1.807, 2.05) is 6.92 Å². The molecule has 3 rings (SSSR count). The first kappa shape index (κ1) is 15.4. The van der Waals surface area contributed by atoms with Crippen molar-refractivity contribution in [1.29, 1.82) is 0 Å². The van der Waals surface area contributed by atoms with E-state index >= 15 is 0 Å². The first-order valence-electron chi connectivity index (χ1n) is 7.73. The number of rotatable bonds is 3. The van der Waals surface area contributed by atoms with E-state index in [1.54, 1.807) is 24.0 Å². The number of amides is 1. The molecule has 0 fully saturated rings. The Kier molecular flexibility index (Phi) is 4.23. The third-order valence-corrected chi connectivity index (χ3v) is 3.96. The molecule has 5 nitrogen and oxygen atoms in total. The molecule has 0 bridgehead atoms. The lowest BCUT2D eigenvalue weighted by atomic mass is 9.99. The van der Waals surface area contributed by atoms with Crippen LogP contribution in [0.4, 0.5) is 10.3 Å². The summed E-state index contributed by atoms with van der Waals surface area (Å²) < 4.78 is 13.2. The molecule has 1 aromatic heterocycles. The molecule has 2 heterocycles. The van der Waals surface area contributed by atoms with Crippen LogP contribution in [0.15, 0.2) is 24.3 Å². The number of hydrogen-bond acceptors (Lipinski definition) is 4. The van der Waals surface area contributed by atoms with Gasteiger partial charge in [-0.15, -0.1) is 0 Å². The van der Waals surface area contributed by atoms with Gasteiger partial charge in [-0.3, -0.25) is 4.79 Å². The van der Waals surface area contributed by atoms with Gasteiger partial charge in [0.25, 0.3) is 0 Å². The number of aromatic nitrogens is 2. The fourth-order valence-corrected chi connectivity index (χ4v) is 2.77. The zero-order chi connectivity index (χ0) is 16.4. The molecule has 0 atom stereocenters. The third-order valence-electron chi connectivity index (χ3n) is 3.96. The number of hydrogen-bond donors (Lipinski definition) is 1. The molecule has 6 heteroatoms. The fraction of sp³-hybridized carbons (Fsp3) is 0.353. The molecule has 0 saturated carbocycles. The van der Waals surface area contributed by atoms with Crippen LogP contribution in [0.3, 0.4) is 0 Å². The van der Waals surface area contributed by atoms with E-state index in [9.17, 15) is 9.18 Å². The quantitative estimate of drug-likeness (QED) is 0.946. The zero-order valence-electron chi connectivity index (χ0n) is 13.3. The average Bonchev–Trinajstić information content (AvgIpc) is 2.54. The predicted octanol–water partition coefficient (Wildman–Crippen LogP) is 2.62. The molecule has 0 spiro atoms. The number of benzene rings is 1. The van der Waals surface area contributed by atoms with Crippen molar-refractivity contribution in [3.05, 3.63) is 41.3 Å². The SMILES string of the molecule is CCNc1nc2c(c(-c3ccc(F)cc3)n1)CN(C(C)=O)CC2.